The van der Waals surface area contributed by atoms with Crippen LogP contribution in [0.4, 0.5) is 0 Å². The number of fused-ring (bicyclic) bond motifs is 1. The highest BCUT2D eigenvalue weighted by atomic mass is 79.9. The Labute approximate surface area is 182 Å². The monoisotopic (exact) mass is 465 g/mol. The van der Waals surface area contributed by atoms with Crippen LogP contribution >= 0.6 is 27.7 Å². The first-order valence-corrected chi connectivity index (χ1v) is 11.1. The molecule has 2 heterocycles. The van der Waals surface area contributed by atoms with Gasteiger partial charge in [-0.1, -0.05) is 48.5 Å². The molecule has 0 bridgehead atoms. The first-order chi connectivity index (χ1) is 14.1. The lowest BCUT2D eigenvalue weighted by Gasteiger charge is -2.16. The van der Waals surface area contributed by atoms with Gasteiger partial charge in [0.15, 0.2) is 0 Å². The van der Waals surface area contributed by atoms with Crippen LogP contribution in [0.25, 0.3) is 5.65 Å². The molecule has 0 aliphatic carbocycles. The minimum atomic E-state index is -0.0708. The summed E-state index contributed by atoms with van der Waals surface area (Å²) in [5.74, 6) is 0.597. The molecule has 4 aromatic rings. The Morgan fingerprint density at radius 2 is 1.79 bits per heavy atom. The Bertz CT molecular complexity index is 1140. The van der Waals surface area contributed by atoms with Crippen LogP contribution in [-0.4, -0.2) is 15.3 Å². The standard InChI is InChI=1S/C23H20BrN3OS/c1-16(17-9-3-2-4-10-17)25-23(28)18-11-5-6-12-20(18)29-15-19-22(24)27-14-8-7-13-21(27)26-19/h2-14,16H,15H2,1H3,(H,25,28). The molecular weight excluding hydrogens is 446 g/mol. The molecule has 1 amide bonds. The van der Waals surface area contributed by atoms with E-state index < -0.39 is 0 Å². The third-order valence-electron chi connectivity index (χ3n) is 4.68. The third kappa shape index (κ3) is 4.38. The average Bonchev–Trinajstić information content (AvgIpc) is 3.09. The second-order valence-corrected chi connectivity index (χ2v) is 8.44. The number of amides is 1. The van der Waals surface area contributed by atoms with Gasteiger partial charge in [0.1, 0.15) is 10.3 Å². The van der Waals surface area contributed by atoms with Crippen molar-refractivity contribution in [3.8, 4) is 0 Å². The molecule has 4 nitrogen and oxygen atoms in total. The number of benzene rings is 2. The molecule has 2 aromatic heterocycles. The SMILES string of the molecule is CC(NC(=O)c1ccccc1SCc1nc2ccccn2c1Br)c1ccccc1. The van der Waals surface area contributed by atoms with E-state index in [-0.39, 0.29) is 11.9 Å². The van der Waals surface area contributed by atoms with Gasteiger partial charge in [-0.05, 0) is 52.7 Å². The molecule has 0 spiro atoms. The van der Waals surface area contributed by atoms with Gasteiger partial charge in [-0.2, -0.15) is 0 Å². The maximum absolute atomic E-state index is 12.9. The number of pyridine rings is 1. The van der Waals surface area contributed by atoms with E-state index in [1.807, 2.05) is 90.3 Å². The molecule has 0 aliphatic rings. The number of thioether (sulfide) groups is 1. The highest BCUT2D eigenvalue weighted by molar-refractivity contribution is 9.10. The number of hydrogen-bond acceptors (Lipinski definition) is 3. The summed E-state index contributed by atoms with van der Waals surface area (Å²) in [6, 6.07) is 23.5. The summed E-state index contributed by atoms with van der Waals surface area (Å²) >= 11 is 5.25. The Kier molecular flexibility index (Phi) is 6.02. The smallest absolute Gasteiger partial charge is 0.252 e. The Hall–Kier alpha value is -2.57. The Morgan fingerprint density at radius 1 is 1.07 bits per heavy atom. The molecular formula is C23H20BrN3OS. The fraction of sp³-hybridized carbons (Fsp3) is 0.130. The van der Waals surface area contributed by atoms with Gasteiger partial charge < -0.3 is 5.32 Å². The van der Waals surface area contributed by atoms with Gasteiger partial charge in [0, 0.05) is 16.8 Å². The summed E-state index contributed by atoms with van der Waals surface area (Å²) < 4.78 is 2.95. The van der Waals surface area contributed by atoms with E-state index in [9.17, 15) is 4.79 Å². The van der Waals surface area contributed by atoms with Gasteiger partial charge in [-0.15, -0.1) is 11.8 Å². The maximum atomic E-state index is 12.9. The Balaban J connectivity index is 1.50. The summed E-state index contributed by atoms with van der Waals surface area (Å²) in [6.45, 7) is 2.00. The van der Waals surface area contributed by atoms with Crippen molar-refractivity contribution < 1.29 is 4.79 Å². The Morgan fingerprint density at radius 3 is 2.59 bits per heavy atom. The zero-order valence-electron chi connectivity index (χ0n) is 15.9. The molecule has 146 valence electrons. The number of nitrogens with zero attached hydrogens (tertiary/aromatic N) is 2. The second-order valence-electron chi connectivity index (χ2n) is 6.67. The molecule has 2 aromatic carbocycles. The van der Waals surface area contributed by atoms with Crippen LogP contribution in [0, 0.1) is 0 Å². The third-order valence-corrected chi connectivity index (χ3v) is 6.61. The molecule has 1 unspecified atom stereocenters. The number of aromatic nitrogens is 2. The van der Waals surface area contributed by atoms with Crippen molar-refractivity contribution >= 4 is 39.2 Å². The summed E-state index contributed by atoms with van der Waals surface area (Å²) in [7, 11) is 0. The number of carbonyl (C=O) groups excluding carboxylic acids is 1. The molecule has 0 saturated heterocycles. The van der Waals surface area contributed by atoms with Crippen molar-refractivity contribution in [1.82, 2.24) is 14.7 Å². The number of rotatable bonds is 6. The van der Waals surface area contributed by atoms with Gasteiger partial charge >= 0.3 is 0 Å². The summed E-state index contributed by atoms with van der Waals surface area (Å²) in [6.07, 6.45) is 1.98. The minimum absolute atomic E-state index is 0.0608. The number of hydrogen-bond donors (Lipinski definition) is 1. The molecule has 4 rings (SSSR count). The summed E-state index contributed by atoms with van der Waals surface area (Å²) in [4.78, 5) is 18.5. The highest BCUT2D eigenvalue weighted by Crippen LogP contribution is 2.30. The lowest BCUT2D eigenvalue weighted by Crippen LogP contribution is -2.27. The van der Waals surface area contributed by atoms with E-state index in [2.05, 4.69) is 26.2 Å². The van der Waals surface area contributed by atoms with Gasteiger partial charge in [0.2, 0.25) is 0 Å². The quantitative estimate of drug-likeness (QED) is 0.361. The van der Waals surface area contributed by atoms with Crippen LogP contribution in [0.15, 0.2) is 88.5 Å². The highest BCUT2D eigenvalue weighted by Gasteiger charge is 2.16. The van der Waals surface area contributed by atoms with Gasteiger partial charge in [-0.3, -0.25) is 9.20 Å². The van der Waals surface area contributed by atoms with E-state index in [0.717, 1.165) is 26.4 Å². The van der Waals surface area contributed by atoms with Crippen LogP contribution < -0.4 is 5.32 Å². The fourth-order valence-corrected chi connectivity index (χ4v) is 4.83. The van der Waals surface area contributed by atoms with Crippen molar-refractivity contribution in [1.29, 1.82) is 0 Å². The van der Waals surface area contributed by atoms with Crippen LogP contribution in [0.2, 0.25) is 0 Å². The number of halogens is 1. The van der Waals surface area contributed by atoms with Crippen molar-refractivity contribution in [3.63, 3.8) is 0 Å². The van der Waals surface area contributed by atoms with Crippen LogP contribution in [0.3, 0.4) is 0 Å². The normalized spacial score (nSPS) is 12.1. The van der Waals surface area contributed by atoms with E-state index >= 15 is 0 Å². The van der Waals surface area contributed by atoms with Crippen LogP contribution in [0.1, 0.15) is 34.6 Å². The molecule has 6 heteroatoms. The number of nitrogens with one attached hydrogen (secondary N) is 1. The zero-order valence-corrected chi connectivity index (χ0v) is 18.3. The topological polar surface area (TPSA) is 46.4 Å². The first kappa shape index (κ1) is 19.7. The van der Waals surface area contributed by atoms with Crippen LogP contribution in [0.5, 0.6) is 0 Å². The van der Waals surface area contributed by atoms with Gasteiger partial charge in [-0.25, -0.2) is 4.98 Å². The van der Waals surface area contributed by atoms with Crippen LogP contribution in [-0.2, 0) is 5.75 Å². The fourth-order valence-electron chi connectivity index (χ4n) is 3.13. The molecule has 1 N–H and O–H groups in total. The second kappa shape index (κ2) is 8.84. The number of carbonyl (C=O) groups is 1. The van der Waals surface area contributed by atoms with Crippen molar-refractivity contribution in [2.75, 3.05) is 0 Å². The lowest BCUT2D eigenvalue weighted by atomic mass is 10.1. The van der Waals surface area contributed by atoms with E-state index in [0.29, 0.717) is 11.3 Å². The maximum Gasteiger partial charge on any atom is 0.252 e. The molecule has 29 heavy (non-hydrogen) atoms. The van der Waals surface area contributed by atoms with E-state index in [1.165, 1.54) is 0 Å². The summed E-state index contributed by atoms with van der Waals surface area (Å²) in [5.41, 5.74) is 3.62. The van der Waals surface area contributed by atoms with Crippen molar-refractivity contribution in [2.24, 2.45) is 0 Å². The van der Waals surface area contributed by atoms with E-state index in [1.54, 1.807) is 11.8 Å². The summed E-state index contributed by atoms with van der Waals surface area (Å²) in [5, 5.41) is 3.10. The predicted octanol–water partition coefficient (Wildman–Crippen LogP) is 5.88. The molecule has 1 atom stereocenters. The van der Waals surface area contributed by atoms with E-state index in [4.69, 9.17) is 0 Å². The molecule has 0 aliphatic heterocycles. The number of imidazole rings is 1. The van der Waals surface area contributed by atoms with Gasteiger partial charge in [0.05, 0.1) is 17.3 Å². The first-order valence-electron chi connectivity index (χ1n) is 9.32. The van der Waals surface area contributed by atoms with Crippen molar-refractivity contribution in [3.05, 3.63) is 100 Å². The zero-order chi connectivity index (χ0) is 20.2. The molecule has 0 saturated carbocycles. The lowest BCUT2D eigenvalue weighted by molar-refractivity contribution is 0.0937. The average molecular weight is 466 g/mol. The van der Waals surface area contributed by atoms with Gasteiger partial charge in [0.25, 0.3) is 5.91 Å². The van der Waals surface area contributed by atoms with Crippen molar-refractivity contribution in [2.45, 2.75) is 23.6 Å². The minimum Gasteiger partial charge on any atom is -0.345 e. The molecule has 0 fully saturated rings. The predicted molar refractivity (Wildman–Crippen MR) is 121 cm³/mol. The largest absolute Gasteiger partial charge is 0.345 e. The molecule has 0 radical (unpaired) electrons.